The van der Waals surface area contributed by atoms with E-state index in [9.17, 15) is 4.79 Å². The van der Waals surface area contributed by atoms with Gasteiger partial charge in [-0.2, -0.15) is 0 Å². The molecule has 1 saturated carbocycles. The third kappa shape index (κ3) is 3.87. The summed E-state index contributed by atoms with van der Waals surface area (Å²) in [6.07, 6.45) is 5.63. The summed E-state index contributed by atoms with van der Waals surface area (Å²) in [7, 11) is 0. The van der Waals surface area contributed by atoms with Gasteiger partial charge in [0.15, 0.2) is 11.5 Å². The number of anilines is 1. The first-order chi connectivity index (χ1) is 11.3. The van der Waals surface area contributed by atoms with Gasteiger partial charge in [-0.15, -0.1) is 10.2 Å². The number of carbonyl (C=O) groups is 1. The molecule has 5 heteroatoms. The number of rotatable bonds is 3. The van der Waals surface area contributed by atoms with Crippen LogP contribution in [-0.4, -0.2) is 34.7 Å². The van der Waals surface area contributed by atoms with Crippen LogP contribution in [-0.2, 0) is 0 Å². The molecule has 24 heavy (non-hydrogen) atoms. The Morgan fingerprint density at radius 3 is 2.46 bits per heavy atom. The smallest absolute Gasteiger partial charge is 0.272 e. The number of carbonyl (C=O) groups excluding carboxylic acids is 1. The van der Waals surface area contributed by atoms with Crippen molar-refractivity contribution in [1.29, 1.82) is 0 Å². The minimum Gasteiger partial charge on any atom is -0.355 e. The predicted octanol–water partition coefficient (Wildman–Crippen LogP) is 3.41. The molecule has 2 fully saturated rings. The third-order valence-corrected chi connectivity index (χ3v) is 5.30. The van der Waals surface area contributed by atoms with E-state index < -0.39 is 0 Å². The zero-order valence-electron chi connectivity index (χ0n) is 15.4. The van der Waals surface area contributed by atoms with Crippen molar-refractivity contribution >= 4 is 11.7 Å². The highest BCUT2D eigenvalue weighted by Crippen LogP contribution is 2.43. The summed E-state index contributed by atoms with van der Waals surface area (Å²) in [6.45, 7) is 11.1. The molecule has 132 valence electrons. The van der Waals surface area contributed by atoms with Gasteiger partial charge < -0.3 is 10.2 Å². The second kappa shape index (κ2) is 6.34. The van der Waals surface area contributed by atoms with E-state index in [-0.39, 0.29) is 16.9 Å². The van der Waals surface area contributed by atoms with Crippen molar-refractivity contribution in [3.8, 4) is 0 Å². The fraction of sp³-hybridized carbons (Fsp3) is 0.737. The highest BCUT2D eigenvalue weighted by molar-refractivity contribution is 5.92. The fourth-order valence-corrected chi connectivity index (χ4v) is 4.98. The van der Waals surface area contributed by atoms with E-state index >= 15 is 0 Å². The van der Waals surface area contributed by atoms with Crippen LogP contribution in [0.1, 0.15) is 70.3 Å². The fourth-order valence-electron chi connectivity index (χ4n) is 4.98. The van der Waals surface area contributed by atoms with Gasteiger partial charge in [-0.1, -0.05) is 20.8 Å². The predicted molar refractivity (Wildman–Crippen MR) is 96.1 cm³/mol. The van der Waals surface area contributed by atoms with Gasteiger partial charge in [0, 0.05) is 18.6 Å². The van der Waals surface area contributed by atoms with Gasteiger partial charge in [0.1, 0.15) is 0 Å². The minimum absolute atomic E-state index is 0.108. The van der Waals surface area contributed by atoms with Crippen molar-refractivity contribution < 1.29 is 4.79 Å². The summed E-state index contributed by atoms with van der Waals surface area (Å²) in [5, 5.41) is 11.7. The zero-order chi connectivity index (χ0) is 17.4. The number of amides is 1. The van der Waals surface area contributed by atoms with E-state index in [1.807, 2.05) is 6.07 Å². The van der Waals surface area contributed by atoms with Gasteiger partial charge in [-0.3, -0.25) is 4.79 Å². The van der Waals surface area contributed by atoms with E-state index in [0.29, 0.717) is 11.6 Å². The standard InChI is InChI=1S/C19H30N4O/c1-14-11-18(2,3)13-19(4,12-14)20-17(24)15-7-8-16(22-21-15)23-9-5-6-10-23/h7-8,14H,5-6,9-13H2,1-4H3,(H,20,24)/t14-,19-/m1/s1. The van der Waals surface area contributed by atoms with E-state index in [0.717, 1.165) is 31.7 Å². The van der Waals surface area contributed by atoms with E-state index in [1.165, 1.54) is 19.3 Å². The second-order valence-corrected chi connectivity index (χ2v) is 8.84. The average molecular weight is 330 g/mol. The highest BCUT2D eigenvalue weighted by Gasteiger charge is 2.40. The number of hydrogen-bond acceptors (Lipinski definition) is 4. The Balaban J connectivity index is 1.67. The molecule has 2 heterocycles. The Labute approximate surface area is 145 Å². The first-order valence-electron chi connectivity index (χ1n) is 9.18. The first kappa shape index (κ1) is 17.2. The Hall–Kier alpha value is -1.65. The molecule has 0 aromatic carbocycles. The Kier molecular flexibility index (Phi) is 4.54. The van der Waals surface area contributed by atoms with Crippen molar-refractivity contribution in [3.63, 3.8) is 0 Å². The average Bonchev–Trinajstić information content (AvgIpc) is 2.98. The summed E-state index contributed by atoms with van der Waals surface area (Å²) in [5.74, 6) is 1.38. The molecule has 1 aliphatic carbocycles. The first-order valence-corrected chi connectivity index (χ1v) is 9.18. The molecule has 3 rings (SSSR count). The molecule has 1 aliphatic heterocycles. The maximum absolute atomic E-state index is 12.6. The summed E-state index contributed by atoms with van der Waals surface area (Å²) in [4.78, 5) is 14.9. The van der Waals surface area contributed by atoms with Crippen LogP contribution in [0.2, 0.25) is 0 Å². The quantitative estimate of drug-likeness (QED) is 0.922. The SMILES string of the molecule is C[C@@H]1CC(C)(C)C[C@](C)(NC(=O)c2ccc(N3CCCC3)nn2)C1. The van der Waals surface area contributed by atoms with Crippen LogP contribution in [0.5, 0.6) is 0 Å². The number of aromatic nitrogens is 2. The van der Waals surface area contributed by atoms with Gasteiger partial charge in [0.05, 0.1) is 0 Å². The zero-order valence-corrected chi connectivity index (χ0v) is 15.4. The topological polar surface area (TPSA) is 58.1 Å². The maximum Gasteiger partial charge on any atom is 0.272 e. The molecular weight excluding hydrogens is 300 g/mol. The summed E-state index contributed by atoms with van der Waals surface area (Å²) in [5.41, 5.74) is 0.494. The molecule has 0 bridgehead atoms. The summed E-state index contributed by atoms with van der Waals surface area (Å²) < 4.78 is 0. The Morgan fingerprint density at radius 1 is 1.17 bits per heavy atom. The molecule has 0 spiro atoms. The lowest BCUT2D eigenvalue weighted by molar-refractivity contribution is 0.0693. The van der Waals surface area contributed by atoms with Crippen molar-refractivity contribution in [2.45, 2.75) is 65.3 Å². The maximum atomic E-state index is 12.6. The van der Waals surface area contributed by atoms with E-state index in [1.54, 1.807) is 6.07 Å². The molecule has 0 unspecified atom stereocenters. The van der Waals surface area contributed by atoms with Gasteiger partial charge in [-0.25, -0.2) is 0 Å². The molecule has 1 N–H and O–H groups in total. The van der Waals surface area contributed by atoms with Crippen LogP contribution in [0, 0.1) is 11.3 Å². The van der Waals surface area contributed by atoms with Crippen LogP contribution in [0.3, 0.4) is 0 Å². The molecule has 2 aliphatic rings. The number of nitrogens with one attached hydrogen (secondary N) is 1. The second-order valence-electron chi connectivity index (χ2n) is 8.84. The molecule has 1 amide bonds. The lowest BCUT2D eigenvalue weighted by Crippen LogP contribution is -2.52. The Bertz CT molecular complexity index is 592. The van der Waals surface area contributed by atoms with Crippen LogP contribution in [0.25, 0.3) is 0 Å². The molecule has 1 aromatic heterocycles. The lowest BCUT2D eigenvalue weighted by atomic mass is 9.65. The number of hydrogen-bond donors (Lipinski definition) is 1. The van der Waals surface area contributed by atoms with Gasteiger partial charge in [0.2, 0.25) is 0 Å². The van der Waals surface area contributed by atoms with Crippen LogP contribution in [0.15, 0.2) is 12.1 Å². The van der Waals surface area contributed by atoms with Crippen molar-refractivity contribution in [3.05, 3.63) is 17.8 Å². The highest BCUT2D eigenvalue weighted by atomic mass is 16.2. The summed E-state index contributed by atoms with van der Waals surface area (Å²) >= 11 is 0. The van der Waals surface area contributed by atoms with Gasteiger partial charge in [0.25, 0.3) is 5.91 Å². The van der Waals surface area contributed by atoms with Gasteiger partial charge in [-0.05, 0) is 62.5 Å². The summed E-state index contributed by atoms with van der Waals surface area (Å²) in [6, 6.07) is 3.72. The number of nitrogens with zero attached hydrogens (tertiary/aromatic N) is 3. The molecule has 1 saturated heterocycles. The monoisotopic (exact) mass is 330 g/mol. The van der Waals surface area contributed by atoms with E-state index in [2.05, 4.69) is 48.1 Å². The van der Waals surface area contributed by atoms with Crippen LogP contribution >= 0.6 is 0 Å². The Morgan fingerprint density at radius 2 is 1.88 bits per heavy atom. The normalized spacial score (nSPS) is 29.5. The third-order valence-electron chi connectivity index (χ3n) is 5.30. The molecule has 0 radical (unpaired) electrons. The van der Waals surface area contributed by atoms with Crippen LogP contribution in [0.4, 0.5) is 5.82 Å². The van der Waals surface area contributed by atoms with Crippen molar-refractivity contribution in [1.82, 2.24) is 15.5 Å². The molecule has 2 atom stereocenters. The van der Waals surface area contributed by atoms with Gasteiger partial charge >= 0.3 is 0 Å². The molecule has 1 aromatic rings. The van der Waals surface area contributed by atoms with Crippen LogP contribution < -0.4 is 10.2 Å². The molecular formula is C19H30N4O. The largest absolute Gasteiger partial charge is 0.355 e. The van der Waals surface area contributed by atoms with E-state index in [4.69, 9.17) is 0 Å². The van der Waals surface area contributed by atoms with Crippen molar-refractivity contribution in [2.24, 2.45) is 11.3 Å². The lowest BCUT2D eigenvalue weighted by Gasteiger charge is -2.46. The molecule has 5 nitrogen and oxygen atoms in total. The van der Waals surface area contributed by atoms with Crippen molar-refractivity contribution in [2.75, 3.05) is 18.0 Å². The minimum atomic E-state index is -0.173.